The van der Waals surface area contributed by atoms with Crippen LogP contribution in [-0.2, 0) is 13.0 Å². The van der Waals surface area contributed by atoms with Crippen molar-refractivity contribution in [2.75, 3.05) is 21.3 Å². The summed E-state index contributed by atoms with van der Waals surface area (Å²) in [6.45, 7) is 10.7. The van der Waals surface area contributed by atoms with E-state index in [0.717, 1.165) is 35.0 Å². The third-order valence-electron chi connectivity index (χ3n) is 3.16. The molecule has 0 aromatic heterocycles. The van der Waals surface area contributed by atoms with E-state index in [-0.39, 0.29) is 29.5 Å². The quantitative estimate of drug-likeness (QED) is 0.303. The van der Waals surface area contributed by atoms with Crippen LogP contribution in [0.25, 0.3) is 0 Å². The summed E-state index contributed by atoms with van der Waals surface area (Å²) in [5.74, 6) is 2.24. The predicted octanol–water partition coefficient (Wildman–Crippen LogP) is 3.51. The van der Waals surface area contributed by atoms with Crippen LogP contribution in [0.5, 0.6) is 11.5 Å². The average molecular weight is 447 g/mol. The number of aliphatic imine (C=N–C) groups is 1. The van der Waals surface area contributed by atoms with Gasteiger partial charge in [-0.15, -0.1) is 30.6 Å². The lowest BCUT2D eigenvalue weighted by Gasteiger charge is -2.24. The fourth-order valence-electron chi connectivity index (χ4n) is 2.24. The highest BCUT2D eigenvalue weighted by Gasteiger charge is 2.14. The Morgan fingerprint density at radius 2 is 1.92 bits per heavy atom. The van der Waals surface area contributed by atoms with Gasteiger partial charge in [0, 0.05) is 24.7 Å². The van der Waals surface area contributed by atoms with E-state index in [1.165, 1.54) is 0 Å². The fourth-order valence-corrected chi connectivity index (χ4v) is 2.24. The van der Waals surface area contributed by atoms with Crippen molar-refractivity contribution >= 4 is 29.9 Å². The van der Waals surface area contributed by atoms with Gasteiger partial charge in [-0.1, -0.05) is 6.08 Å². The lowest BCUT2D eigenvalue weighted by Crippen LogP contribution is -2.47. The summed E-state index contributed by atoms with van der Waals surface area (Å²) in [6, 6.07) is 4.07. The number of hydrogen-bond donors (Lipinski definition) is 2. The second kappa shape index (κ2) is 10.4. The van der Waals surface area contributed by atoms with Crippen molar-refractivity contribution < 1.29 is 9.47 Å². The topological polar surface area (TPSA) is 54.9 Å². The molecule has 2 N–H and O–H groups in total. The second-order valence-corrected chi connectivity index (χ2v) is 6.28. The molecule has 1 aromatic rings. The molecule has 0 fully saturated rings. The molecule has 1 aromatic carbocycles. The first-order valence-corrected chi connectivity index (χ1v) is 7.68. The molecule has 6 heteroatoms. The minimum atomic E-state index is -0.0482. The standard InChI is InChI=1S/C18H29N3O2.HI/c1-8-9-14-10-13(11-15(22-6)16(14)23-7)12-20-17(19-5)21-18(2,3)4;/h8,10-11H,1,9,12H2,2-7H3,(H2,19,20,21);1H. The molecule has 24 heavy (non-hydrogen) atoms. The third-order valence-corrected chi connectivity index (χ3v) is 3.16. The monoisotopic (exact) mass is 447 g/mol. The number of guanidine groups is 1. The highest BCUT2D eigenvalue weighted by atomic mass is 127. The van der Waals surface area contributed by atoms with Crippen LogP contribution in [0.3, 0.4) is 0 Å². The Kier molecular flexibility index (Phi) is 9.80. The van der Waals surface area contributed by atoms with E-state index in [0.29, 0.717) is 6.54 Å². The molecule has 5 nitrogen and oxygen atoms in total. The number of allylic oxidation sites excluding steroid dienone is 1. The summed E-state index contributed by atoms with van der Waals surface area (Å²) in [6.07, 6.45) is 2.58. The zero-order valence-electron chi connectivity index (χ0n) is 15.5. The van der Waals surface area contributed by atoms with Crippen LogP contribution in [0.1, 0.15) is 31.9 Å². The number of methoxy groups -OCH3 is 2. The Morgan fingerprint density at radius 3 is 2.38 bits per heavy atom. The first kappa shape index (κ1) is 22.6. The zero-order valence-corrected chi connectivity index (χ0v) is 17.9. The Bertz CT molecular complexity index is 566. The first-order chi connectivity index (χ1) is 10.8. The molecule has 0 heterocycles. The van der Waals surface area contributed by atoms with Crippen molar-refractivity contribution in [2.24, 2.45) is 4.99 Å². The highest BCUT2D eigenvalue weighted by Crippen LogP contribution is 2.33. The van der Waals surface area contributed by atoms with Crippen LogP contribution in [0.15, 0.2) is 29.8 Å². The van der Waals surface area contributed by atoms with Gasteiger partial charge in [0.15, 0.2) is 17.5 Å². The lowest BCUT2D eigenvalue weighted by molar-refractivity contribution is 0.352. The van der Waals surface area contributed by atoms with Crippen LogP contribution < -0.4 is 20.1 Å². The van der Waals surface area contributed by atoms with E-state index < -0.39 is 0 Å². The summed E-state index contributed by atoms with van der Waals surface area (Å²) in [7, 11) is 5.06. The maximum Gasteiger partial charge on any atom is 0.191 e. The molecule has 1 rings (SSSR count). The summed E-state index contributed by atoms with van der Waals surface area (Å²) >= 11 is 0. The summed E-state index contributed by atoms with van der Waals surface area (Å²) in [4.78, 5) is 4.25. The molecule has 0 atom stereocenters. The average Bonchev–Trinajstić information content (AvgIpc) is 2.50. The van der Waals surface area contributed by atoms with E-state index in [9.17, 15) is 0 Å². The number of ether oxygens (including phenoxy) is 2. The van der Waals surface area contributed by atoms with Crippen LogP contribution in [0.2, 0.25) is 0 Å². The van der Waals surface area contributed by atoms with Gasteiger partial charge in [0.05, 0.1) is 14.2 Å². The van der Waals surface area contributed by atoms with Gasteiger partial charge in [-0.3, -0.25) is 4.99 Å². The summed E-state index contributed by atoms with van der Waals surface area (Å²) < 4.78 is 10.9. The fraction of sp³-hybridized carbons (Fsp3) is 0.500. The molecule has 0 aliphatic heterocycles. The molecule has 0 saturated carbocycles. The number of nitrogens with one attached hydrogen (secondary N) is 2. The van der Waals surface area contributed by atoms with Gasteiger partial charge in [0.2, 0.25) is 0 Å². The van der Waals surface area contributed by atoms with Gasteiger partial charge in [-0.2, -0.15) is 0 Å². The molecular weight excluding hydrogens is 417 g/mol. The minimum absolute atomic E-state index is 0. The second-order valence-electron chi connectivity index (χ2n) is 6.28. The first-order valence-electron chi connectivity index (χ1n) is 7.68. The molecule has 0 radical (unpaired) electrons. The smallest absolute Gasteiger partial charge is 0.191 e. The van der Waals surface area contributed by atoms with E-state index in [1.54, 1.807) is 21.3 Å². The lowest BCUT2D eigenvalue weighted by atomic mass is 10.1. The van der Waals surface area contributed by atoms with Crippen LogP contribution >= 0.6 is 24.0 Å². The number of halogens is 1. The number of hydrogen-bond acceptors (Lipinski definition) is 3. The number of nitrogens with zero attached hydrogens (tertiary/aromatic N) is 1. The maximum absolute atomic E-state index is 5.46. The van der Waals surface area contributed by atoms with Gasteiger partial charge < -0.3 is 20.1 Å². The van der Waals surface area contributed by atoms with Crippen molar-refractivity contribution in [2.45, 2.75) is 39.3 Å². The summed E-state index contributed by atoms with van der Waals surface area (Å²) in [5, 5.41) is 6.65. The molecule has 0 unspecified atom stereocenters. The largest absolute Gasteiger partial charge is 0.493 e. The van der Waals surface area contributed by atoms with E-state index >= 15 is 0 Å². The van der Waals surface area contributed by atoms with Crippen LogP contribution in [0, 0.1) is 0 Å². The van der Waals surface area contributed by atoms with Crippen molar-refractivity contribution in [1.29, 1.82) is 0 Å². The Balaban J connectivity index is 0.00000529. The zero-order chi connectivity index (χ0) is 17.5. The maximum atomic E-state index is 5.46. The molecule has 0 aliphatic rings. The van der Waals surface area contributed by atoms with Crippen LogP contribution in [-0.4, -0.2) is 32.8 Å². The third kappa shape index (κ3) is 6.98. The van der Waals surface area contributed by atoms with E-state index in [2.05, 4.69) is 49.0 Å². The predicted molar refractivity (Wildman–Crippen MR) is 112 cm³/mol. The normalized spacial score (nSPS) is 11.3. The highest BCUT2D eigenvalue weighted by molar-refractivity contribution is 14.0. The van der Waals surface area contributed by atoms with Crippen molar-refractivity contribution in [3.8, 4) is 11.5 Å². The van der Waals surface area contributed by atoms with Gasteiger partial charge in [0.1, 0.15) is 0 Å². The molecule has 0 saturated heterocycles. The minimum Gasteiger partial charge on any atom is -0.493 e. The molecule has 0 spiro atoms. The van der Waals surface area contributed by atoms with Crippen molar-refractivity contribution in [3.05, 3.63) is 35.9 Å². The molecule has 0 bridgehead atoms. The van der Waals surface area contributed by atoms with Crippen molar-refractivity contribution in [1.82, 2.24) is 10.6 Å². The van der Waals surface area contributed by atoms with E-state index in [1.807, 2.05) is 12.1 Å². The Labute approximate surface area is 162 Å². The molecular formula is C18H30IN3O2. The number of benzene rings is 1. The Morgan fingerprint density at radius 1 is 1.25 bits per heavy atom. The summed E-state index contributed by atoms with van der Waals surface area (Å²) in [5.41, 5.74) is 2.10. The van der Waals surface area contributed by atoms with Crippen LogP contribution in [0.4, 0.5) is 0 Å². The van der Waals surface area contributed by atoms with E-state index in [4.69, 9.17) is 9.47 Å². The van der Waals surface area contributed by atoms with Crippen molar-refractivity contribution in [3.63, 3.8) is 0 Å². The van der Waals surface area contributed by atoms with Gasteiger partial charge in [0.25, 0.3) is 0 Å². The van der Waals surface area contributed by atoms with Gasteiger partial charge >= 0.3 is 0 Å². The van der Waals surface area contributed by atoms with Gasteiger partial charge in [-0.25, -0.2) is 0 Å². The molecule has 0 aliphatic carbocycles. The molecule has 0 amide bonds. The Hall–Kier alpha value is -1.44. The SMILES string of the molecule is C=CCc1cc(CNC(=NC)NC(C)(C)C)cc(OC)c1OC.I. The van der Waals surface area contributed by atoms with Gasteiger partial charge in [-0.05, 0) is 44.9 Å². The number of rotatable bonds is 6. The molecule has 136 valence electrons.